The van der Waals surface area contributed by atoms with Crippen molar-refractivity contribution in [1.29, 1.82) is 0 Å². The second-order valence-electron chi connectivity index (χ2n) is 7.48. The van der Waals surface area contributed by atoms with Gasteiger partial charge in [-0.05, 0) is 47.4 Å². The Bertz CT molecular complexity index is 1390. The van der Waals surface area contributed by atoms with Crippen molar-refractivity contribution in [3.63, 3.8) is 0 Å². The van der Waals surface area contributed by atoms with Crippen LogP contribution in [0.1, 0.15) is 16.1 Å². The summed E-state index contributed by atoms with van der Waals surface area (Å²) in [7, 11) is -3.26. The molecule has 4 rings (SSSR count). The fourth-order valence-corrected chi connectivity index (χ4v) is 4.14. The summed E-state index contributed by atoms with van der Waals surface area (Å²) in [5.41, 5.74) is 9.65. The zero-order chi connectivity index (χ0) is 22.7. The van der Waals surface area contributed by atoms with Crippen LogP contribution in [0.3, 0.4) is 0 Å². The van der Waals surface area contributed by atoms with Crippen LogP contribution in [0.15, 0.2) is 77.7 Å². The van der Waals surface area contributed by atoms with Crippen LogP contribution in [0.25, 0.3) is 22.0 Å². The zero-order valence-corrected chi connectivity index (χ0v) is 18.3. The third kappa shape index (κ3) is 4.60. The monoisotopic (exact) mass is 446 g/mol. The van der Waals surface area contributed by atoms with Gasteiger partial charge < -0.3 is 11.1 Å². The summed E-state index contributed by atoms with van der Waals surface area (Å²) >= 11 is 0. The predicted octanol–water partition coefficient (Wildman–Crippen LogP) is 3.45. The minimum atomic E-state index is -3.26. The van der Waals surface area contributed by atoms with Gasteiger partial charge in [0.2, 0.25) is 0 Å². The van der Waals surface area contributed by atoms with E-state index in [9.17, 15) is 13.2 Å². The number of fused-ring (bicyclic) bond motifs is 1. The SMILES string of the molecule is CS(=O)(=O)c1ccc(-c2ccc3c(NCCc4ccccc4)c(C(N)=O)nnc3c2)cc1. The van der Waals surface area contributed by atoms with Crippen LogP contribution in [-0.4, -0.2) is 37.3 Å². The van der Waals surface area contributed by atoms with Gasteiger partial charge in [-0.25, -0.2) is 8.42 Å². The number of benzene rings is 3. The third-order valence-electron chi connectivity index (χ3n) is 5.17. The van der Waals surface area contributed by atoms with Gasteiger partial charge in [0.1, 0.15) is 0 Å². The molecule has 0 aliphatic carbocycles. The van der Waals surface area contributed by atoms with E-state index in [0.717, 1.165) is 22.9 Å². The molecule has 0 saturated heterocycles. The number of nitrogens with one attached hydrogen (secondary N) is 1. The molecule has 0 saturated carbocycles. The highest BCUT2D eigenvalue weighted by Gasteiger charge is 2.16. The maximum Gasteiger partial charge on any atom is 0.271 e. The van der Waals surface area contributed by atoms with Crippen LogP contribution in [0.4, 0.5) is 5.69 Å². The summed E-state index contributed by atoms with van der Waals surface area (Å²) < 4.78 is 23.4. The molecule has 0 bridgehead atoms. The summed E-state index contributed by atoms with van der Waals surface area (Å²) in [4.78, 5) is 12.2. The summed E-state index contributed by atoms with van der Waals surface area (Å²) in [5, 5.41) is 12.3. The summed E-state index contributed by atoms with van der Waals surface area (Å²) in [6.45, 7) is 0.597. The highest BCUT2D eigenvalue weighted by Crippen LogP contribution is 2.29. The summed E-state index contributed by atoms with van der Waals surface area (Å²) in [6.07, 6.45) is 1.95. The van der Waals surface area contributed by atoms with Crippen LogP contribution in [-0.2, 0) is 16.3 Å². The summed E-state index contributed by atoms with van der Waals surface area (Å²) in [5.74, 6) is -0.651. The van der Waals surface area contributed by atoms with Gasteiger partial charge in [0.15, 0.2) is 15.5 Å². The third-order valence-corrected chi connectivity index (χ3v) is 6.30. The minimum Gasteiger partial charge on any atom is -0.382 e. The van der Waals surface area contributed by atoms with E-state index >= 15 is 0 Å². The van der Waals surface area contributed by atoms with E-state index in [1.54, 1.807) is 24.3 Å². The average Bonchev–Trinajstić information content (AvgIpc) is 2.79. The molecule has 3 aromatic carbocycles. The van der Waals surface area contributed by atoms with Crippen molar-refractivity contribution in [2.75, 3.05) is 18.1 Å². The Morgan fingerprint density at radius 3 is 2.28 bits per heavy atom. The van der Waals surface area contributed by atoms with Crippen molar-refractivity contribution in [3.05, 3.63) is 84.1 Å². The molecule has 1 amide bonds. The first-order valence-electron chi connectivity index (χ1n) is 10.0. The largest absolute Gasteiger partial charge is 0.382 e. The van der Waals surface area contributed by atoms with Crippen molar-refractivity contribution in [2.24, 2.45) is 5.73 Å². The Morgan fingerprint density at radius 1 is 0.938 bits per heavy atom. The molecule has 0 atom stereocenters. The maximum absolute atomic E-state index is 11.9. The molecule has 0 fully saturated rings. The predicted molar refractivity (Wildman–Crippen MR) is 125 cm³/mol. The lowest BCUT2D eigenvalue weighted by Gasteiger charge is -2.13. The second kappa shape index (κ2) is 8.76. The highest BCUT2D eigenvalue weighted by molar-refractivity contribution is 7.90. The number of carbonyl (C=O) groups is 1. The molecular formula is C24H22N4O3S. The zero-order valence-electron chi connectivity index (χ0n) is 17.4. The molecule has 4 aromatic rings. The highest BCUT2D eigenvalue weighted by atomic mass is 32.2. The lowest BCUT2D eigenvalue weighted by Crippen LogP contribution is -2.18. The molecule has 3 N–H and O–H groups in total. The molecular weight excluding hydrogens is 424 g/mol. The van der Waals surface area contributed by atoms with Gasteiger partial charge in [-0.1, -0.05) is 48.5 Å². The van der Waals surface area contributed by atoms with Crippen molar-refractivity contribution < 1.29 is 13.2 Å². The van der Waals surface area contributed by atoms with Crippen molar-refractivity contribution in [1.82, 2.24) is 10.2 Å². The Hall–Kier alpha value is -3.78. The molecule has 1 aromatic heterocycles. The van der Waals surface area contributed by atoms with Gasteiger partial charge in [-0.3, -0.25) is 4.79 Å². The van der Waals surface area contributed by atoms with E-state index in [1.165, 1.54) is 11.8 Å². The Kier molecular flexibility index (Phi) is 5.87. The smallest absolute Gasteiger partial charge is 0.271 e. The number of amides is 1. The first kappa shape index (κ1) is 21.5. The molecule has 0 spiro atoms. The van der Waals surface area contributed by atoms with Gasteiger partial charge in [-0.2, -0.15) is 0 Å². The van der Waals surface area contributed by atoms with Gasteiger partial charge in [-0.15, -0.1) is 10.2 Å². The fraction of sp³-hybridized carbons (Fsp3) is 0.125. The number of carbonyl (C=O) groups excluding carboxylic acids is 1. The molecule has 162 valence electrons. The Labute approximate surface area is 186 Å². The van der Waals surface area contributed by atoms with Crippen molar-refractivity contribution >= 4 is 32.3 Å². The molecule has 0 radical (unpaired) electrons. The maximum atomic E-state index is 11.9. The Morgan fingerprint density at radius 2 is 1.62 bits per heavy atom. The molecule has 8 heteroatoms. The number of aromatic nitrogens is 2. The molecule has 32 heavy (non-hydrogen) atoms. The minimum absolute atomic E-state index is 0.0933. The number of hydrogen-bond donors (Lipinski definition) is 2. The lowest BCUT2D eigenvalue weighted by molar-refractivity contribution is 0.0995. The topological polar surface area (TPSA) is 115 Å². The van der Waals surface area contributed by atoms with Crippen LogP contribution >= 0.6 is 0 Å². The van der Waals surface area contributed by atoms with E-state index < -0.39 is 15.7 Å². The molecule has 0 aliphatic rings. The summed E-state index contributed by atoms with van der Waals surface area (Å²) in [6, 6.07) is 22.3. The van der Waals surface area contributed by atoms with Gasteiger partial charge in [0.25, 0.3) is 5.91 Å². The van der Waals surface area contributed by atoms with Crippen molar-refractivity contribution in [2.45, 2.75) is 11.3 Å². The average molecular weight is 447 g/mol. The number of nitrogens with zero attached hydrogens (tertiary/aromatic N) is 2. The normalized spacial score (nSPS) is 11.4. The van der Waals surface area contributed by atoms with Crippen LogP contribution < -0.4 is 11.1 Å². The van der Waals surface area contributed by atoms with E-state index in [4.69, 9.17) is 5.73 Å². The van der Waals surface area contributed by atoms with E-state index in [-0.39, 0.29) is 10.6 Å². The molecule has 7 nitrogen and oxygen atoms in total. The number of hydrogen-bond acceptors (Lipinski definition) is 6. The van der Waals surface area contributed by atoms with E-state index in [0.29, 0.717) is 17.7 Å². The quantitative estimate of drug-likeness (QED) is 0.449. The van der Waals surface area contributed by atoms with Crippen LogP contribution in [0.5, 0.6) is 0 Å². The number of anilines is 1. The standard InChI is InChI=1S/C24H22N4O3S/c1-32(30,31)19-10-7-17(8-11-19)18-9-12-20-21(15-18)27-28-23(24(25)29)22(20)26-14-13-16-5-3-2-4-6-16/h2-12,15H,13-14H2,1H3,(H2,25,29)(H,26,27). The van der Waals surface area contributed by atoms with Gasteiger partial charge >= 0.3 is 0 Å². The van der Waals surface area contributed by atoms with E-state index in [1.807, 2.05) is 48.5 Å². The number of nitrogens with two attached hydrogens (primary N) is 1. The van der Waals surface area contributed by atoms with Crippen molar-refractivity contribution in [3.8, 4) is 11.1 Å². The molecule has 1 heterocycles. The van der Waals surface area contributed by atoms with E-state index in [2.05, 4.69) is 15.5 Å². The second-order valence-corrected chi connectivity index (χ2v) is 9.49. The van der Waals surface area contributed by atoms with Gasteiger partial charge in [0, 0.05) is 18.2 Å². The molecule has 0 aliphatic heterocycles. The van der Waals surface area contributed by atoms with Crippen LogP contribution in [0.2, 0.25) is 0 Å². The fourth-order valence-electron chi connectivity index (χ4n) is 3.51. The lowest BCUT2D eigenvalue weighted by atomic mass is 10.0. The Balaban J connectivity index is 1.66. The number of sulfone groups is 1. The first-order valence-corrected chi connectivity index (χ1v) is 11.9. The van der Waals surface area contributed by atoms with Gasteiger partial charge in [0.05, 0.1) is 16.1 Å². The number of rotatable bonds is 7. The number of primary amides is 1. The molecule has 0 unspecified atom stereocenters. The first-order chi connectivity index (χ1) is 15.3. The van der Waals surface area contributed by atoms with Crippen LogP contribution in [0, 0.1) is 0 Å².